The topological polar surface area (TPSA) is 72.8 Å². The molecule has 0 saturated heterocycles. The molecule has 140 valence electrons. The van der Waals surface area contributed by atoms with Gasteiger partial charge in [0.25, 0.3) is 0 Å². The van der Waals surface area contributed by atoms with Gasteiger partial charge >= 0.3 is 0 Å². The lowest BCUT2D eigenvalue weighted by molar-refractivity contribution is -0.168. The zero-order valence-electron chi connectivity index (χ0n) is 15.2. The van der Waals surface area contributed by atoms with E-state index in [1.165, 1.54) is 11.1 Å². The first-order valence-electron chi connectivity index (χ1n) is 9.16. The highest BCUT2D eigenvalue weighted by Gasteiger charge is 2.16. The lowest BCUT2D eigenvalue weighted by Gasteiger charge is -2.12. The van der Waals surface area contributed by atoms with Gasteiger partial charge in [0.2, 0.25) is 5.88 Å². The molecule has 1 aliphatic rings. The number of hydrogen-bond acceptors (Lipinski definition) is 6. The Hall–Kier alpha value is -1.99. The van der Waals surface area contributed by atoms with Crippen molar-refractivity contribution in [2.45, 2.75) is 39.2 Å². The molecule has 6 nitrogen and oxygen atoms in total. The Morgan fingerprint density at radius 1 is 1.08 bits per heavy atom. The third-order valence-electron chi connectivity index (χ3n) is 4.36. The molecule has 3 rings (SSSR count). The molecule has 26 heavy (non-hydrogen) atoms. The summed E-state index contributed by atoms with van der Waals surface area (Å²) >= 11 is 0. The quantitative estimate of drug-likeness (QED) is 0.530. The molecule has 0 aliphatic heterocycles. The van der Waals surface area contributed by atoms with Gasteiger partial charge in [-0.3, -0.25) is 9.68 Å². The molecule has 2 aromatic rings. The number of rotatable bonds is 9. The summed E-state index contributed by atoms with van der Waals surface area (Å²) in [6, 6.07) is 10.2. The minimum Gasteiger partial charge on any atom is -0.478 e. The number of ether oxygens (including phenoxy) is 1. The van der Waals surface area contributed by atoms with Crippen molar-refractivity contribution in [2.75, 3.05) is 19.8 Å². The molecule has 6 heteroatoms. The highest BCUT2D eigenvalue weighted by Crippen LogP contribution is 2.33. The molecule has 0 unspecified atom stereocenters. The zero-order valence-corrected chi connectivity index (χ0v) is 15.2. The minimum atomic E-state index is 0.0530. The van der Waals surface area contributed by atoms with E-state index in [0.29, 0.717) is 25.7 Å². The Morgan fingerprint density at radius 3 is 2.85 bits per heavy atom. The predicted molar refractivity (Wildman–Crippen MR) is 98.4 cm³/mol. The van der Waals surface area contributed by atoms with Gasteiger partial charge in [0.15, 0.2) is 0 Å². The monoisotopic (exact) mass is 358 g/mol. The SMILES string of the molecule is CCONOCCCOc1ccc2c(n1)CCCc1ccc(CO)cc1-2. The van der Waals surface area contributed by atoms with Crippen LogP contribution in [-0.2, 0) is 29.1 Å². The Kier molecular flexibility index (Phi) is 6.96. The van der Waals surface area contributed by atoms with Crippen LogP contribution in [0.25, 0.3) is 11.1 Å². The van der Waals surface area contributed by atoms with Gasteiger partial charge in [-0.2, -0.15) is 0 Å². The van der Waals surface area contributed by atoms with Crippen molar-refractivity contribution in [3.63, 3.8) is 0 Å². The van der Waals surface area contributed by atoms with Gasteiger partial charge in [-0.1, -0.05) is 17.8 Å². The molecular weight excluding hydrogens is 332 g/mol. The van der Waals surface area contributed by atoms with Crippen LogP contribution in [0.1, 0.15) is 36.6 Å². The van der Waals surface area contributed by atoms with E-state index in [-0.39, 0.29) is 6.61 Å². The fourth-order valence-corrected chi connectivity index (χ4v) is 3.08. The number of fused-ring (bicyclic) bond motifs is 3. The Labute approximate surface area is 154 Å². The normalized spacial score (nSPS) is 13.0. The molecule has 0 bridgehead atoms. The molecule has 0 radical (unpaired) electrons. The summed E-state index contributed by atoms with van der Waals surface area (Å²) in [6.45, 7) is 3.52. The van der Waals surface area contributed by atoms with Crippen molar-refractivity contribution in [2.24, 2.45) is 0 Å². The molecule has 0 atom stereocenters. The number of nitrogens with one attached hydrogen (secondary N) is 1. The van der Waals surface area contributed by atoms with Crippen LogP contribution in [-0.4, -0.2) is 29.9 Å². The van der Waals surface area contributed by atoms with E-state index >= 15 is 0 Å². The van der Waals surface area contributed by atoms with Crippen LogP contribution < -0.4 is 10.4 Å². The fraction of sp³-hybridized carbons (Fsp3) is 0.450. The van der Waals surface area contributed by atoms with Crippen molar-refractivity contribution in [1.82, 2.24) is 10.6 Å². The third kappa shape index (κ3) is 4.80. The third-order valence-corrected chi connectivity index (χ3v) is 4.36. The van der Waals surface area contributed by atoms with E-state index in [4.69, 9.17) is 19.4 Å². The van der Waals surface area contributed by atoms with Crippen LogP contribution in [0.2, 0.25) is 0 Å². The first-order chi connectivity index (χ1) is 12.8. The summed E-state index contributed by atoms with van der Waals surface area (Å²) in [5, 5.41) is 9.43. The van der Waals surface area contributed by atoms with Crippen molar-refractivity contribution in [1.29, 1.82) is 0 Å². The average molecular weight is 358 g/mol. The summed E-state index contributed by atoms with van der Waals surface area (Å²) < 4.78 is 5.75. The van der Waals surface area contributed by atoms with Gasteiger partial charge in [0.1, 0.15) is 0 Å². The van der Waals surface area contributed by atoms with Crippen LogP contribution in [0.4, 0.5) is 0 Å². The van der Waals surface area contributed by atoms with Crippen molar-refractivity contribution in [3.05, 3.63) is 47.2 Å². The van der Waals surface area contributed by atoms with E-state index in [2.05, 4.69) is 23.8 Å². The van der Waals surface area contributed by atoms with Crippen molar-refractivity contribution in [3.8, 4) is 17.0 Å². The number of nitrogens with zero attached hydrogens (tertiary/aromatic N) is 1. The Morgan fingerprint density at radius 2 is 2.00 bits per heavy atom. The van der Waals surface area contributed by atoms with Gasteiger partial charge in [-0.15, -0.1) is 0 Å². The molecule has 0 saturated carbocycles. The summed E-state index contributed by atoms with van der Waals surface area (Å²) in [6.07, 6.45) is 3.75. The molecule has 1 aliphatic carbocycles. The van der Waals surface area contributed by atoms with E-state index in [1.807, 2.05) is 19.1 Å². The Bertz CT molecular complexity index is 721. The van der Waals surface area contributed by atoms with Crippen LogP contribution >= 0.6 is 0 Å². The molecule has 0 spiro atoms. The maximum absolute atomic E-state index is 9.43. The largest absolute Gasteiger partial charge is 0.478 e. The van der Waals surface area contributed by atoms with Crippen LogP contribution in [0.15, 0.2) is 30.3 Å². The number of aliphatic hydroxyl groups excluding tert-OH is 1. The van der Waals surface area contributed by atoms with Crippen LogP contribution in [0, 0.1) is 0 Å². The number of hydrogen-bond donors (Lipinski definition) is 2. The first kappa shape index (κ1) is 18.8. The average Bonchev–Trinajstić information content (AvgIpc) is 2.85. The summed E-state index contributed by atoms with van der Waals surface area (Å²) in [5.41, 5.74) is 8.04. The highest BCUT2D eigenvalue weighted by molar-refractivity contribution is 5.71. The second-order valence-corrected chi connectivity index (χ2v) is 6.21. The maximum atomic E-state index is 9.43. The van der Waals surface area contributed by atoms with E-state index < -0.39 is 0 Å². The van der Waals surface area contributed by atoms with E-state index in [0.717, 1.165) is 42.5 Å². The number of aromatic nitrogens is 1. The second-order valence-electron chi connectivity index (χ2n) is 6.21. The molecule has 1 heterocycles. The standard InChI is InChI=1S/C20H26N2O4/c1-2-25-22-26-12-4-11-24-20-10-9-17-18-13-15(14-23)7-8-16(18)5-3-6-19(17)21-20/h7-10,13,22-23H,2-6,11-12,14H2,1H3. The smallest absolute Gasteiger partial charge is 0.213 e. The molecular formula is C20H26N2O4. The van der Waals surface area contributed by atoms with Gasteiger partial charge in [0, 0.05) is 18.1 Å². The second kappa shape index (κ2) is 9.64. The lowest BCUT2D eigenvalue weighted by atomic mass is 9.97. The van der Waals surface area contributed by atoms with Crippen molar-refractivity contribution < 1.29 is 19.5 Å². The summed E-state index contributed by atoms with van der Waals surface area (Å²) in [4.78, 5) is 14.7. The fourth-order valence-electron chi connectivity index (χ4n) is 3.08. The number of benzene rings is 1. The highest BCUT2D eigenvalue weighted by atomic mass is 16.9. The number of aryl methyl sites for hydroxylation is 2. The molecule has 0 amide bonds. The lowest BCUT2D eigenvalue weighted by Crippen LogP contribution is -2.17. The van der Waals surface area contributed by atoms with Gasteiger partial charge in [-0.25, -0.2) is 4.98 Å². The summed E-state index contributed by atoms with van der Waals surface area (Å²) in [7, 11) is 0. The first-order valence-corrected chi connectivity index (χ1v) is 9.16. The van der Waals surface area contributed by atoms with Crippen molar-refractivity contribution >= 4 is 0 Å². The van der Waals surface area contributed by atoms with Gasteiger partial charge < -0.3 is 9.84 Å². The number of aliphatic hydroxyl groups is 1. The van der Waals surface area contributed by atoms with Gasteiger partial charge in [-0.05, 0) is 55.0 Å². The minimum absolute atomic E-state index is 0.0530. The molecule has 0 fully saturated rings. The zero-order chi connectivity index (χ0) is 18.2. The van der Waals surface area contributed by atoms with E-state index in [9.17, 15) is 5.11 Å². The summed E-state index contributed by atoms with van der Waals surface area (Å²) in [5.74, 6) is 0.642. The van der Waals surface area contributed by atoms with E-state index in [1.54, 1.807) is 0 Å². The van der Waals surface area contributed by atoms with Crippen LogP contribution in [0.5, 0.6) is 5.88 Å². The molecule has 1 aromatic heterocycles. The molecule has 2 N–H and O–H groups in total. The number of pyridine rings is 1. The maximum Gasteiger partial charge on any atom is 0.213 e. The molecule has 1 aromatic carbocycles. The predicted octanol–water partition coefficient (Wildman–Crippen LogP) is 2.97. The van der Waals surface area contributed by atoms with Crippen LogP contribution in [0.3, 0.4) is 0 Å². The Balaban J connectivity index is 1.64. The van der Waals surface area contributed by atoms with Gasteiger partial charge in [0.05, 0.1) is 32.1 Å².